The summed E-state index contributed by atoms with van der Waals surface area (Å²) in [6.07, 6.45) is 0. The van der Waals surface area contributed by atoms with Gasteiger partial charge in [-0.3, -0.25) is 0 Å². The highest BCUT2D eigenvalue weighted by Gasteiger charge is 2.18. The molecule has 0 fully saturated rings. The summed E-state index contributed by atoms with van der Waals surface area (Å²) in [6, 6.07) is 8.15. The quantitative estimate of drug-likeness (QED) is 0.917. The molecule has 2 aromatic carbocycles. The molecule has 23 heavy (non-hydrogen) atoms. The molecule has 2 aromatic rings. The van der Waals surface area contributed by atoms with Crippen LogP contribution in [0.2, 0.25) is 0 Å². The van der Waals surface area contributed by atoms with Crippen molar-refractivity contribution in [3.63, 3.8) is 0 Å². The zero-order chi connectivity index (χ0) is 16.2. The van der Waals surface area contributed by atoms with E-state index in [0.29, 0.717) is 48.4 Å². The van der Waals surface area contributed by atoms with E-state index >= 15 is 0 Å². The second kappa shape index (κ2) is 6.64. The van der Waals surface area contributed by atoms with Gasteiger partial charge in [0.15, 0.2) is 11.5 Å². The van der Waals surface area contributed by atoms with Gasteiger partial charge >= 0.3 is 0 Å². The molecule has 122 valence electrons. The number of nitrogens with one attached hydrogen (secondary N) is 1. The van der Waals surface area contributed by atoms with Crippen molar-refractivity contribution in [2.75, 3.05) is 32.8 Å². The lowest BCUT2D eigenvalue weighted by Gasteiger charge is -2.21. The molecule has 1 heterocycles. The van der Waals surface area contributed by atoms with E-state index in [2.05, 4.69) is 5.32 Å². The number of methoxy groups -OCH3 is 2. The predicted octanol–water partition coefficient (Wildman–Crippen LogP) is 3.23. The van der Waals surface area contributed by atoms with Crippen LogP contribution in [0.3, 0.4) is 0 Å². The van der Waals surface area contributed by atoms with Crippen LogP contribution in [-0.4, -0.2) is 27.4 Å². The molecule has 0 aliphatic carbocycles. The monoisotopic (exact) mass is 319 g/mol. The minimum atomic E-state index is -0.339. The van der Waals surface area contributed by atoms with Crippen LogP contribution in [0.25, 0.3) is 0 Å². The highest BCUT2D eigenvalue weighted by Crippen LogP contribution is 2.40. The molecule has 0 atom stereocenters. The maximum Gasteiger partial charge on any atom is 0.203 e. The van der Waals surface area contributed by atoms with Gasteiger partial charge in [0.05, 0.1) is 19.9 Å². The van der Waals surface area contributed by atoms with Crippen LogP contribution in [-0.2, 0) is 6.54 Å². The summed E-state index contributed by atoms with van der Waals surface area (Å²) < 4.78 is 35.0. The van der Waals surface area contributed by atoms with E-state index in [4.69, 9.17) is 18.9 Å². The number of rotatable bonds is 5. The molecule has 0 saturated carbocycles. The third-order valence-corrected chi connectivity index (χ3v) is 3.53. The largest absolute Gasteiger partial charge is 0.494 e. The maximum absolute atomic E-state index is 13.2. The maximum atomic E-state index is 13.2. The third kappa shape index (κ3) is 3.26. The summed E-state index contributed by atoms with van der Waals surface area (Å²) in [4.78, 5) is 0. The summed E-state index contributed by atoms with van der Waals surface area (Å²) in [5.41, 5.74) is 1.67. The van der Waals surface area contributed by atoms with E-state index in [9.17, 15) is 4.39 Å². The molecule has 0 saturated heterocycles. The van der Waals surface area contributed by atoms with Crippen LogP contribution in [0.4, 0.5) is 10.1 Å². The molecule has 0 amide bonds. The third-order valence-electron chi connectivity index (χ3n) is 3.53. The Bertz CT molecular complexity index is 688. The van der Waals surface area contributed by atoms with Gasteiger partial charge in [-0.25, -0.2) is 4.39 Å². The Labute approximate surface area is 133 Å². The van der Waals surface area contributed by atoms with Crippen molar-refractivity contribution < 1.29 is 23.3 Å². The van der Waals surface area contributed by atoms with Crippen molar-refractivity contribution in [1.29, 1.82) is 0 Å². The first-order chi connectivity index (χ1) is 11.2. The molecule has 5 nitrogen and oxygen atoms in total. The zero-order valence-electron chi connectivity index (χ0n) is 13.0. The number of anilines is 1. The van der Waals surface area contributed by atoms with Gasteiger partial charge in [-0.05, 0) is 29.8 Å². The predicted molar refractivity (Wildman–Crippen MR) is 84.3 cm³/mol. The average Bonchev–Trinajstić information content (AvgIpc) is 2.59. The first-order valence-electron chi connectivity index (χ1n) is 7.25. The fraction of sp³-hybridized carbons (Fsp3) is 0.294. The molecule has 3 rings (SSSR count). The van der Waals surface area contributed by atoms with Crippen molar-refractivity contribution >= 4 is 5.69 Å². The number of hydrogen-bond donors (Lipinski definition) is 1. The van der Waals surface area contributed by atoms with Crippen molar-refractivity contribution in [2.45, 2.75) is 6.54 Å². The summed E-state index contributed by atoms with van der Waals surface area (Å²) in [6.45, 7) is 1.53. The normalized spacial score (nSPS) is 12.7. The van der Waals surface area contributed by atoms with Crippen molar-refractivity contribution in [3.05, 3.63) is 41.7 Å². The van der Waals surface area contributed by atoms with Gasteiger partial charge in [-0.2, -0.15) is 0 Å². The molecule has 0 aromatic heterocycles. The Morgan fingerprint density at radius 2 is 1.83 bits per heavy atom. The molecule has 0 spiro atoms. The second-order valence-corrected chi connectivity index (χ2v) is 5.02. The lowest BCUT2D eigenvalue weighted by Crippen LogP contribution is -2.16. The summed E-state index contributed by atoms with van der Waals surface area (Å²) >= 11 is 0. The number of ether oxygens (including phenoxy) is 4. The van der Waals surface area contributed by atoms with Crippen molar-refractivity contribution in [3.8, 4) is 23.0 Å². The molecule has 1 aliphatic heterocycles. The first kappa shape index (κ1) is 15.3. The lowest BCUT2D eigenvalue weighted by molar-refractivity contribution is 0.165. The van der Waals surface area contributed by atoms with Gasteiger partial charge < -0.3 is 24.3 Å². The molecular formula is C17H18FNO4. The summed E-state index contributed by atoms with van der Waals surface area (Å²) in [7, 11) is 3.10. The van der Waals surface area contributed by atoms with Crippen LogP contribution < -0.4 is 24.3 Å². The fourth-order valence-corrected chi connectivity index (χ4v) is 2.44. The van der Waals surface area contributed by atoms with Crippen LogP contribution in [0.5, 0.6) is 23.0 Å². The highest BCUT2D eigenvalue weighted by atomic mass is 19.1. The molecule has 1 aliphatic rings. The van der Waals surface area contributed by atoms with Crippen LogP contribution in [0.15, 0.2) is 30.3 Å². The van der Waals surface area contributed by atoms with E-state index < -0.39 is 0 Å². The number of hydrogen-bond acceptors (Lipinski definition) is 5. The van der Waals surface area contributed by atoms with E-state index in [1.165, 1.54) is 19.2 Å². The van der Waals surface area contributed by atoms with E-state index in [1.54, 1.807) is 13.2 Å². The average molecular weight is 319 g/mol. The Hall–Kier alpha value is -2.63. The highest BCUT2D eigenvalue weighted by molar-refractivity contribution is 5.58. The van der Waals surface area contributed by atoms with Crippen molar-refractivity contribution in [2.24, 2.45) is 0 Å². The van der Waals surface area contributed by atoms with E-state index in [-0.39, 0.29) is 5.82 Å². The van der Waals surface area contributed by atoms with Crippen LogP contribution in [0.1, 0.15) is 5.56 Å². The molecule has 0 radical (unpaired) electrons. The Balaban J connectivity index is 1.81. The minimum Gasteiger partial charge on any atom is -0.494 e. The standard InChI is InChI=1S/C17H18FNO4/c1-20-14-9-12(18)3-4-13(14)19-10-11-7-15(21-2)17-16(8-11)22-5-6-23-17/h3-4,7-9,19H,5-6,10H2,1-2H3. The Morgan fingerprint density at radius 3 is 2.61 bits per heavy atom. The fourth-order valence-electron chi connectivity index (χ4n) is 2.44. The second-order valence-electron chi connectivity index (χ2n) is 5.02. The lowest BCUT2D eigenvalue weighted by atomic mass is 10.1. The zero-order valence-corrected chi connectivity index (χ0v) is 13.0. The topological polar surface area (TPSA) is 49.0 Å². The molecule has 0 unspecified atom stereocenters. The van der Waals surface area contributed by atoms with E-state index in [1.807, 2.05) is 12.1 Å². The van der Waals surface area contributed by atoms with Crippen LogP contribution in [0, 0.1) is 5.82 Å². The minimum absolute atomic E-state index is 0.339. The summed E-state index contributed by atoms with van der Waals surface area (Å²) in [5, 5.41) is 3.22. The molecule has 1 N–H and O–H groups in total. The molecule has 6 heteroatoms. The number of benzene rings is 2. The van der Waals surface area contributed by atoms with Crippen molar-refractivity contribution in [1.82, 2.24) is 0 Å². The van der Waals surface area contributed by atoms with Crippen LogP contribution >= 0.6 is 0 Å². The van der Waals surface area contributed by atoms with E-state index in [0.717, 1.165) is 5.56 Å². The van der Waals surface area contributed by atoms with Gasteiger partial charge in [-0.1, -0.05) is 0 Å². The van der Waals surface area contributed by atoms with Gasteiger partial charge in [0.25, 0.3) is 0 Å². The van der Waals surface area contributed by atoms with Gasteiger partial charge in [0.1, 0.15) is 24.8 Å². The summed E-state index contributed by atoms with van der Waals surface area (Å²) in [5.74, 6) is 2.04. The van der Waals surface area contributed by atoms with Gasteiger partial charge in [-0.15, -0.1) is 0 Å². The Kier molecular flexibility index (Phi) is 4.41. The smallest absolute Gasteiger partial charge is 0.203 e. The van der Waals surface area contributed by atoms with Gasteiger partial charge in [0.2, 0.25) is 5.75 Å². The molecule has 0 bridgehead atoms. The van der Waals surface area contributed by atoms with Gasteiger partial charge in [0, 0.05) is 12.6 Å². The molecular weight excluding hydrogens is 301 g/mol. The first-order valence-corrected chi connectivity index (χ1v) is 7.25. The Morgan fingerprint density at radius 1 is 1.04 bits per heavy atom. The SMILES string of the molecule is COc1cc(F)ccc1NCc1cc(OC)c2c(c1)OCCO2. The number of halogens is 1. The number of fused-ring (bicyclic) bond motifs is 1.